The molecule has 1 fully saturated rings. The molecule has 0 radical (unpaired) electrons. The topological polar surface area (TPSA) is 78.4 Å². The molecule has 1 aliphatic heterocycles. The smallest absolute Gasteiger partial charge is 0.262 e. The van der Waals surface area contributed by atoms with Crippen molar-refractivity contribution < 1.29 is 12.8 Å². The predicted octanol–water partition coefficient (Wildman–Crippen LogP) is 3.05. The molecule has 7 nitrogen and oxygen atoms in total. The molecule has 3 aromatic rings. The second kappa shape index (κ2) is 8.27. The van der Waals surface area contributed by atoms with Gasteiger partial charge in [0.1, 0.15) is 5.82 Å². The number of nitrogens with zero attached hydrogens (tertiary/aromatic N) is 4. The van der Waals surface area contributed by atoms with Gasteiger partial charge in [-0.3, -0.25) is 4.72 Å². The Morgan fingerprint density at radius 3 is 2.23 bits per heavy atom. The number of anilines is 3. The van der Waals surface area contributed by atoms with Crippen molar-refractivity contribution in [2.75, 3.05) is 40.7 Å². The summed E-state index contributed by atoms with van der Waals surface area (Å²) in [5, 5.41) is 0. The van der Waals surface area contributed by atoms with Crippen LogP contribution >= 0.6 is 0 Å². The molecule has 30 heavy (non-hydrogen) atoms. The number of para-hydroxylation sites is 1. The zero-order valence-electron chi connectivity index (χ0n) is 16.5. The number of aryl methyl sites for hydroxylation is 1. The molecule has 0 amide bonds. The molecule has 0 atom stereocenters. The highest BCUT2D eigenvalue weighted by atomic mass is 32.2. The van der Waals surface area contributed by atoms with Crippen molar-refractivity contribution in [1.82, 2.24) is 9.97 Å². The fraction of sp³-hybridized carbons (Fsp3) is 0.238. The summed E-state index contributed by atoms with van der Waals surface area (Å²) in [6, 6.07) is 13.9. The van der Waals surface area contributed by atoms with Gasteiger partial charge in [-0.2, -0.15) is 0 Å². The third kappa shape index (κ3) is 4.35. The van der Waals surface area contributed by atoms with Crippen LogP contribution in [0.2, 0.25) is 0 Å². The number of piperazine rings is 1. The Balaban J connectivity index is 1.42. The van der Waals surface area contributed by atoms with Crippen LogP contribution in [-0.4, -0.2) is 44.6 Å². The molecule has 0 aliphatic carbocycles. The molecule has 0 unspecified atom stereocenters. The summed E-state index contributed by atoms with van der Waals surface area (Å²) >= 11 is 0. The number of halogens is 1. The quantitative estimate of drug-likeness (QED) is 0.674. The van der Waals surface area contributed by atoms with Crippen LogP contribution < -0.4 is 14.5 Å². The van der Waals surface area contributed by atoms with Crippen molar-refractivity contribution in [3.05, 3.63) is 72.3 Å². The van der Waals surface area contributed by atoms with E-state index in [1.54, 1.807) is 6.92 Å². The molecule has 156 valence electrons. The van der Waals surface area contributed by atoms with E-state index in [0.717, 1.165) is 32.2 Å². The van der Waals surface area contributed by atoms with Gasteiger partial charge in [0.05, 0.1) is 23.0 Å². The summed E-state index contributed by atoms with van der Waals surface area (Å²) in [6.07, 6.45) is 2.86. The third-order valence-electron chi connectivity index (χ3n) is 5.01. The number of hydrogen-bond acceptors (Lipinski definition) is 6. The average molecular weight is 428 g/mol. The average Bonchev–Trinajstić information content (AvgIpc) is 2.76. The van der Waals surface area contributed by atoms with E-state index in [1.807, 2.05) is 18.2 Å². The van der Waals surface area contributed by atoms with Crippen LogP contribution in [0, 0.1) is 12.7 Å². The first-order valence-corrected chi connectivity index (χ1v) is 11.1. The van der Waals surface area contributed by atoms with E-state index in [0.29, 0.717) is 11.5 Å². The maximum absolute atomic E-state index is 13.5. The number of hydrogen-bond donors (Lipinski definition) is 1. The van der Waals surface area contributed by atoms with Crippen LogP contribution in [0.5, 0.6) is 0 Å². The van der Waals surface area contributed by atoms with Gasteiger partial charge in [0.25, 0.3) is 10.0 Å². The highest BCUT2D eigenvalue weighted by Gasteiger charge is 2.21. The summed E-state index contributed by atoms with van der Waals surface area (Å²) in [5.41, 5.74) is 1.87. The molecule has 1 N–H and O–H groups in total. The molecule has 0 spiro atoms. The Hall–Kier alpha value is -3.20. The number of rotatable bonds is 5. The van der Waals surface area contributed by atoms with Crippen molar-refractivity contribution in [2.24, 2.45) is 0 Å². The van der Waals surface area contributed by atoms with Crippen molar-refractivity contribution in [3.63, 3.8) is 0 Å². The molecular weight excluding hydrogens is 405 g/mol. The largest absolute Gasteiger partial charge is 0.368 e. The van der Waals surface area contributed by atoms with E-state index in [4.69, 9.17) is 0 Å². The van der Waals surface area contributed by atoms with Gasteiger partial charge in [0.2, 0.25) is 5.95 Å². The first-order chi connectivity index (χ1) is 14.4. The SMILES string of the molecule is Cc1ccc(F)cc1S(=O)(=O)Nc1cnc(N2CCN(c3ccccc3)CC2)nc1. The molecule has 1 saturated heterocycles. The minimum Gasteiger partial charge on any atom is -0.368 e. The first-order valence-electron chi connectivity index (χ1n) is 9.58. The van der Waals surface area contributed by atoms with E-state index < -0.39 is 15.8 Å². The Kier molecular flexibility index (Phi) is 5.54. The predicted molar refractivity (Wildman–Crippen MR) is 115 cm³/mol. The van der Waals surface area contributed by atoms with Crippen molar-refractivity contribution >= 4 is 27.3 Å². The van der Waals surface area contributed by atoms with Gasteiger partial charge in [-0.25, -0.2) is 22.8 Å². The Morgan fingerprint density at radius 1 is 0.933 bits per heavy atom. The molecule has 9 heteroatoms. The lowest BCUT2D eigenvalue weighted by atomic mass is 10.2. The minimum atomic E-state index is -3.93. The maximum atomic E-state index is 13.5. The Labute approximate surface area is 175 Å². The van der Waals surface area contributed by atoms with E-state index in [1.165, 1.54) is 30.2 Å². The third-order valence-corrected chi connectivity index (χ3v) is 6.54. The van der Waals surface area contributed by atoms with Gasteiger partial charge in [-0.05, 0) is 36.8 Å². The van der Waals surface area contributed by atoms with Crippen LogP contribution in [0.1, 0.15) is 5.56 Å². The van der Waals surface area contributed by atoms with E-state index >= 15 is 0 Å². The highest BCUT2D eigenvalue weighted by Crippen LogP contribution is 2.21. The second-order valence-corrected chi connectivity index (χ2v) is 8.75. The maximum Gasteiger partial charge on any atom is 0.262 e. The number of aromatic nitrogens is 2. The standard InChI is InChI=1S/C21H22FN5O2S/c1-16-7-8-17(22)13-20(16)30(28,29)25-18-14-23-21(24-15-18)27-11-9-26(10-12-27)19-5-3-2-4-6-19/h2-8,13-15,25H,9-12H2,1H3. The van der Waals surface area contributed by atoms with Crippen molar-refractivity contribution in [3.8, 4) is 0 Å². The molecule has 2 heterocycles. The minimum absolute atomic E-state index is 0.108. The fourth-order valence-corrected chi connectivity index (χ4v) is 4.70. The lowest BCUT2D eigenvalue weighted by molar-refractivity contribution is 0.594. The summed E-state index contributed by atoms with van der Waals surface area (Å²) in [5.74, 6) is -0.0604. The summed E-state index contributed by atoms with van der Waals surface area (Å²) in [6.45, 7) is 4.84. The summed E-state index contributed by atoms with van der Waals surface area (Å²) in [4.78, 5) is 12.9. The first kappa shape index (κ1) is 20.1. The molecule has 4 rings (SSSR count). The highest BCUT2D eigenvalue weighted by molar-refractivity contribution is 7.92. The van der Waals surface area contributed by atoms with Gasteiger partial charge < -0.3 is 9.80 Å². The van der Waals surface area contributed by atoms with Crippen molar-refractivity contribution in [1.29, 1.82) is 0 Å². The zero-order valence-corrected chi connectivity index (χ0v) is 17.3. The fourth-order valence-electron chi connectivity index (χ4n) is 3.41. The zero-order chi connectivity index (χ0) is 21.1. The van der Waals surface area contributed by atoms with Gasteiger partial charge >= 0.3 is 0 Å². The van der Waals surface area contributed by atoms with E-state index in [-0.39, 0.29) is 10.6 Å². The summed E-state index contributed by atoms with van der Waals surface area (Å²) < 4.78 is 41.1. The second-order valence-electron chi connectivity index (χ2n) is 7.10. The molecule has 0 saturated carbocycles. The van der Waals surface area contributed by atoms with Gasteiger partial charge in [0, 0.05) is 31.9 Å². The van der Waals surface area contributed by atoms with Crippen LogP contribution in [0.3, 0.4) is 0 Å². The van der Waals surface area contributed by atoms with Gasteiger partial charge in [-0.1, -0.05) is 24.3 Å². The lowest BCUT2D eigenvalue weighted by Crippen LogP contribution is -2.47. The van der Waals surface area contributed by atoms with Gasteiger partial charge in [-0.15, -0.1) is 0 Å². The van der Waals surface area contributed by atoms with Crippen LogP contribution in [0.15, 0.2) is 65.8 Å². The summed E-state index contributed by atoms with van der Waals surface area (Å²) in [7, 11) is -3.93. The Morgan fingerprint density at radius 2 is 1.57 bits per heavy atom. The Bertz CT molecular complexity index is 1120. The van der Waals surface area contributed by atoms with Crippen molar-refractivity contribution in [2.45, 2.75) is 11.8 Å². The molecule has 1 aromatic heterocycles. The monoisotopic (exact) mass is 427 g/mol. The van der Waals surface area contributed by atoms with E-state index in [2.05, 4.69) is 36.6 Å². The van der Waals surface area contributed by atoms with Crippen LogP contribution in [-0.2, 0) is 10.0 Å². The van der Waals surface area contributed by atoms with Crippen LogP contribution in [0.4, 0.5) is 21.7 Å². The van der Waals surface area contributed by atoms with Crippen LogP contribution in [0.25, 0.3) is 0 Å². The van der Waals surface area contributed by atoms with Gasteiger partial charge in [0.15, 0.2) is 0 Å². The number of benzene rings is 2. The molecule has 0 bridgehead atoms. The lowest BCUT2D eigenvalue weighted by Gasteiger charge is -2.36. The number of nitrogens with one attached hydrogen (secondary N) is 1. The normalized spacial score (nSPS) is 14.6. The molecule has 2 aromatic carbocycles. The molecule has 1 aliphatic rings. The number of sulfonamides is 1. The molecular formula is C21H22FN5O2S. The van der Waals surface area contributed by atoms with E-state index in [9.17, 15) is 12.8 Å².